The van der Waals surface area contributed by atoms with Gasteiger partial charge in [-0.1, -0.05) is 36.1 Å². The van der Waals surface area contributed by atoms with Crippen LogP contribution in [-0.4, -0.2) is 43.9 Å². The van der Waals surface area contributed by atoms with E-state index in [1.54, 1.807) is 18.9 Å². The Morgan fingerprint density at radius 3 is 2.93 bits per heavy atom. The van der Waals surface area contributed by atoms with Crippen molar-refractivity contribution in [2.45, 2.75) is 38.0 Å². The zero-order chi connectivity index (χ0) is 19.2. The summed E-state index contributed by atoms with van der Waals surface area (Å²) in [6, 6.07) is 8.05. The predicted molar refractivity (Wildman–Crippen MR) is 114 cm³/mol. The third-order valence-corrected chi connectivity index (χ3v) is 5.89. The molecule has 0 spiro atoms. The first-order chi connectivity index (χ1) is 13.1. The normalized spacial score (nSPS) is 16.8. The lowest BCUT2D eigenvalue weighted by Crippen LogP contribution is -2.39. The molecule has 3 N–H and O–H groups in total. The number of para-hydroxylation sites is 2. The zero-order valence-electron chi connectivity index (χ0n) is 15.5. The molecule has 27 heavy (non-hydrogen) atoms. The van der Waals surface area contributed by atoms with E-state index in [1.807, 2.05) is 24.3 Å². The Kier molecular flexibility index (Phi) is 6.68. The maximum Gasteiger partial charge on any atom is 0.232 e. The molecule has 0 unspecified atom stereocenters. The summed E-state index contributed by atoms with van der Waals surface area (Å²) in [5, 5.41) is 3.14. The second-order valence-corrected chi connectivity index (χ2v) is 7.96. The van der Waals surface area contributed by atoms with Crippen LogP contribution in [0.3, 0.4) is 0 Å². The molecule has 0 saturated carbocycles. The number of nitrogens with one attached hydrogen (secondary N) is 1. The molecule has 0 bridgehead atoms. The molecule has 0 radical (unpaired) electrons. The third kappa shape index (κ3) is 5.20. The fourth-order valence-corrected chi connectivity index (χ4v) is 4.27. The van der Waals surface area contributed by atoms with E-state index < -0.39 is 0 Å². The number of methoxy groups -OCH3 is 1. The molecular weight excluding hydrogens is 380 g/mol. The first-order valence-electron chi connectivity index (χ1n) is 8.90. The fraction of sp³-hybridized carbons (Fsp3) is 0.444. The molecule has 1 aliphatic heterocycles. The number of nitrogen functional groups attached to an aromatic ring is 1. The van der Waals surface area contributed by atoms with Gasteiger partial charge < -0.3 is 20.7 Å². The molecule has 9 heteroatoms. The first kappa shape index (κ1) is 19.6. The van der Waals surface area contributed by atoms with Gasteiger partial charge in [-0.15, -0.1) is 0 Å². The number of ether oxygens (including phenoxy) is 1. The molecule has 1 aromatic carbocycles. The van der Waals surface area contributed by atoms with Crippen LogP contribution >= 0.6 is 24.0 Å². The summed E-state index contributed by atoms with van der Waals surface area (Å²) in [7, 11) is 1.62. The van der Waals surface area contributed by atoms with Gasteiger partial charge in [0.15, 0.2) is 0 Å². The average molecular weight is 405 g/mol. The monoisotopic (exact) mass is 404 g/mol. The van der Waals surface area contributed by atoms with Crippen LogP contribution in [0.15, 0.2) is 24.3 Å². The van der Waals surface area contributed by atoms with Gasteiger partial charge in [-0.3, -0.25) is 0 Å². The Labute approximate surface area is 169 Å². The lowest BCUT2D eigenvalue weighted by atomic mass is 10.1. The first-order valence-corrected chi connectivity index (χ1v) is 10.3. The summed E-state index contributed by atoms with van der Waals surface area (Å²) in [5.74, 6) is 2.41. The minimum Gasteiger partial charge on any atom is -0.495 e. The van der Waals surface area contributed by atoms with Gasteiger partial charge in [0.25, 0.3) is 0 Å². The highest BCUT2D eigenvalue weighted by Crippen LogP contribution is 2.26. The minimum atomic E-state index is 0.176. The minimum absolute atomic E-state index is 0.176. The summed E-state index contributed by atoms with van der Waals surface area (Å²) in [6.07, 6.45) is 3.65. The topological polar surface area (TPSA) is 89.2 Å². The largest absolute Gasteiger partial charge is 0.495 e. The van der Waals surface area contributed by atoms with Crippen LogP contribution in [0.5, 0.6) is 5.75 Å². The van der Waals surface area contributed by atoms with Gasteiger partial charge in [0.2, 0.25) is 11.9 Å². The smallest absolute Gasteiger partial charge is 0.232 e. The molecule has 7 nitrogen and oxygen atoms in total. The molecule has 2 aromatic rings. The van der Waals surface area contributed by atoms with E-state index in [2.05, 4.69) is 32.1 Å². The van der Waals surface area contributed by atoms with E-state index >= 15 is 0 Å². The van der Waals surface area contributed by atoms with E-state index in [4.69, 9.17) is 22.7 Å². The Balaban J connectivity index is 1.67. The number of hydrogen-bond donors (Lipinski definition) is 2. The van der Waals surface area contributed by atoms with Crippen LogP contribution in [0.25, 0.3) is 0 Å². The molecule has 3 rings (SSSR count). The van der Waals surface area contributed by atoms with Gasteiger partial charge >= 0.3 is 0 Å². The van der Waals surface area contributed by atoms with E-state index in [-0.39, 0.29) is 5.95 Å². The quantitative estimate of drug-likeness (QED) is 0.725. The van der Waals surface area contributed by atoms with Crippen molar-refractivity contribution in [2.75, 3.05) is 24.7 Å². The van der Waals surface area contributed by atoms with Crippen LogP contribution in [0.2, 0.25) is 0 Å². The van der Waals surface area contributed by atoms with Crippen LogP contribution in [-0.2, 0) is 5.75 Å². The number of likely N-dealkylation sites (tertiary alicyclic amines) is 1. The summed E-state index contributed by atoms with van der Waals surface area (Å²) in [6.45, 7) is 3.25. The number of thioether (sulfide) groups is 1. The zero-order valence-corrected chi connectivity index (χ0v) is 17.1. The second-order valence-electron chi connectivity index (χ2n) is 6.35. The van der Waals surface area contributed by atoms with Crippen LogP contribution in [0.4, 0.5) is 17.6 Å². The SMILES string of the molecule is COc1ccccc1Nc1nc(N)nc(CSC(=S)N2CCCC[C@H]2C)n1. The van der Waals surface area contributed by atoms with Crippen molar-refractivity contribution in [1.82, 2.24) is 19.9 Å². The number of rotatable bonds is 5. The molecule has 1 fully saturated rings. The van der Waals surface area contributed by atoms with Crippen molar-refractivity contribution < 1.29 is 4.74 Å². The number of piperidine rings is 1. The van der Waals surface area contributed by atoms with E-state index in [0.717, 1.165) is 16.6 Å². The molecule has 1 saturated heterocycles. The summed E-state index contributed by atoms with van der Waals surface area (Å²) in [4.78, 5) is 15.2. The summed E-state index contributed by atoms with van der Waals surface area (Å²) in [5.41, 5.74) is 6.63. The van der Waals surface area contributed by atoms with E-state index in [0.29, 0.717) is 29.3 Å². The van der Waals surface area contributed by atoms with Crippen LogP contribution < -0.4 is 15.8 Å². The maximum atomic E-state index is 5.87. The van der Waals surface area contributed by atoms with Crippen molar-refractivity contribution in [1.29, 1.82) is 0 Å². The number of thiocarbonyl (C=S) groups is 1. The number of nitrogens with two attached hydrogens (primary N) is 1. The molecule has 144 valence electrons. The van der Waals surface area contributed by atoms with Crippen molar-refractivity contribution in [3.05, 3.63) is 30.1 Å². The number of hydrogen-bond acceptors (Lipinski definition) is 8. The van der Waals surface area contributed by atoms with Crippen LogP contribution in [0, 0.1) is 0 Å². The van der Waals surface area contributed by atoms with Gasteiger partial charge in [0.1, 0.15) is 15.9 Å². The Bertz CT molecular complexity index is 803. The molecule has 1 aliphatic rings. The lowest BCUT2D eigenvalue weighted by molar-refractivity contribution is 0.267. The number of benzene rings is 1. The highest BCUT2D eigenvalue weighted by Gasteiger charge is 2.21. The predicted octanol–water partition coefficient (Wildman–Crippen LogP) is 3.60. The molecular formula is C18H24N6OS2. The van der Waals surface area contributed by atoms with Crippen molar-refractivity contribution in [3.8, 4) is 5.75 Å². The highest BCUT2D eigenvalue weighted by molar-refractivity contribution is 8.22. The van der Waals surface area contributed by atoms with Crippen molar-refractivity contribution in [3.63, 3.8) is 0 Å². The molecule has 2 heterocycles. The molecule has 0 amide bonds. The van der Waals surface area contributed by atoms with E-state index in [9.17, 15) is 0 Å². The molecule has 1 aromatic heterocycles. The highest BCUT2D eigenvalue weighted by atomic mass is 32.2. The van der Waals surface area contributed by atoms with Gasteiger partial charge in [-0.05, 0) is 38.3 Å². The van der Waals surface area contributed by atoms with Crippen molar-refractivity contribution in [2.24, 2.45) is 0 Å². The summed E-state index contributed by atoms with van der Waals surface area (Å²) < 4.78 is 6.23. The Morgan fingerprint density at radius 2 is 2.15 bits per heavy atom. The number of anilines is 3. The van der Waals surface area contributed by atoms with Gasteiger partial charge in [0.05, 0.1) is 18.6 Å². The lowest BCUT2D eigenvalue weighted by Gasteiger charge is -2.35. The third-order valence-electron chi connectivity index (χ3n) is 4.41. The van der Waals surface area contributed by atoms with Gasteiger partial charge in [-0.2, -0.15) is 15.0 Å². The van der Waals surface area contributed by atoms with Gasteiger partial charge in [0, 0.05) is 12.6 Å². The van der Waals surface area contributed by atoms with Crippen molar-refractivity contribution >= 4 is 45.9 Å². The average Bonchev–Trinajstić information content (AvgIpc) is 2.66. The number of aromatic nitrogens is 3. The second kappa shape index (κ2) is 9.18. The Hall–Kier alpha value is -2.13. The standard InChI is InChI=1S/C18H24N6OS2/c1-12-7-5-6-10-24(12)18(26)27-11-15-21-16(19)23-17(22-15)20-13-8-3-4-9-14(13)25-2/h3-4,8-9,12H,5-7,10-11H2,1-2H3,(H3,19,20,21,22,23)/t12-/m1/s1. The van der Waals surface area contributed by atoms with E-state index in [1.165, 1.54) is 19.3 Å². The Morgan fingerprint density at radius 1 is 1.33 bits per heavy atom. The molecule has 0 aliphatic carbocycles. The maximum absolute atomic E-state index is 5.87. The molecule has 1 atom stereocenters. The van der Waals surface area contributed by atoms with Crippen LogP contribution in [0.1, 0.15) is 32.0 Å². The number of nitrogens with zero attached hydrogens (tertiary/aromatic N) is 4. The fourth-order valence-electron chi connectivity index (χ4n) is 3.01. The summed E-state index contributed by atoms with van der Waals surface area (Å²) >= 11 is 7.18. The van der Waals surface area contributed by atoms with Gasteiger partial charge in [-0.25, -0.2) is 0 Å².